The maximum absolute atomic E-state index is 11.3. The zero-order valence-electron chi connectivity index (χ0n) is 14.5. The lowest BCUT2D eigenvalue weighted by atomic mass is 9.67. The molecule has 0 aromatic heterocycles. The third-order valence-corrected chi connectivity index (χ3v) is 5.84. The Morgan fingerprint density at radius 1 is 1.08 bits per heavy atom. The van der Waals surface area contributed by atoms with Crippen LogP contribution in [0.2, 0.25) is 0 Å². The summed E-state index contributed by atoms with van der Waals surface area (Å²) in [4.78, 5) is 11.3. The Labute approximate surface area is 145 Å². The maximum Gasteiger partial charge on any atom is 0.274 e. The largest absolute Gasteiger partial charge is 0.313 e. The van der Waals surface area contributed by atoms with Crippen molar-refractivity contribution in [3.8, 4) is 0 Å². The molecule has 2 aliphatic carbocycles. The van der Waals surface area contributed by atoms with Crippen molar-refractivity contribution in [3.05, 3.63) is 35.4 Å². The second-order valence-electron chi connectivity index (χ2n) is 7.69. The molecule has 2 bridgehead atoms. The molecule has 0 radical (unpaired) electrons. The summed E-state index contributed by atoms with van der Waals surface area (Å²) in [7, 11) is 0. The molecule has 3 rings (SSSR count). The molecule has 2 atom stereocenters. The molecule has 0 spiro atoms. The van der Waals surface area contributed by atoms with E-state index in [0.29, 0.717) is 5.56 Å². The highest BCUT2D eigenvalue weighted by Crippen LogP contribution is 2.43. The van der Waals surface area contributed by atoms with Crippen LogP contribution >= 0.6 is 0 Å². The quantitative estimate of drug-likeness (QED) is 0.404. The van der Waals surface area contributed by atoms with Crippen molar-refractivity contribution in [1.29, 1.82) is 0 Å². The van der Waals surface area contributed by atoms with Crippen molar-refractivity contribution in [2.24, 2.45) is 17.8 Å². The molecule has 2 aliphatic rings. The monoisotopic (exact) mass is 330 g/mol. The van der Waals surface area contributed by atoms with Crippen molar-refractivity contribution >= 4 is 5.91 Å². The maximum atomic E-state index is 11.3. The van der Waals surface area contributed by atoms with Gasteiger partial charge in [0.15, 0.2) is 0 Å². The minimum absolute atomic E-state index is 0.466. The molecule has 4 nitrogen and oxygen atoms in total. The topological polar surface area (TPSA) is 61.4 Å². The number of carbonyl (C=O) groups is 1. The van der Waals surface area contributed by atoms with Crippen LogP contribution in [0.1, 0.15) is 67.3 Å². The molecule has 4 heteroatoms. The predicted octanol–water partition coefficient (Wildman–Crippen LogP) is 3.89. The average molecular weight is 330 g/mol. The van der Waals surface area contributed by atoms with Gasteiger partial charge in [-0.3, -0.25) is 10.0 Å². The van der Waals surface area contributed by atoms with E-state index in [1.807, 2.05) is 12.1 Å². The van der Waals surface area contributed by atoms with Crippen molar-refractivity contribution in [2.45, 2.75) is 57.9 Å². The molecule has 2 fully saturated rings. The second-order valence-corrected chi connectivity index (χ2v) is 7.69. The first-order valence-corrected chi connectivity index (χ1v) is 9.48. The lowest BCUT2D eigenvalue weighted by Gasteiger charge is -2.39. The number of nitrogens with one attached hydrogen (secondary N) is 2. The zero-order chi connectivity index (χ0) is 16.8. The summed E-state index contributed by atoms with van der Waals surface area (Å²) in [6.45, 7) is 1.89. The van der Waals surface area contributed by atoms with E-state index in [4.69, 9.17) is 5.21 Å². The average Bonchev–Trinajstić information content (AvgIpc) is 2.61. The third kappa shape index (κ3) is 4.81. The van der Waals surface area contributed by atoms with Crippen molar-refractivity contribution in [3.63, 3.8) is 0 Å². The van der Waals surface area contributed by atoms with Crippen LogP contribution in [-0.4, -0.2) is 17.7 Å². The zero-order valence-corrected chi connectivity index (χ0v) is 14.5. The highest BCUT2D eigenvalue weighted by atomic mass is 16.5. The summed E-state index contributed by atoms with van der Waals surface area (Å²) in [5, 5.41) is 12.1. The minimum Gasteiger partial charge on any atom is -0.313 e. The van der Waals surface area contributed by atoms with Gasteiger partial charge in [-0.1, -0.05) is 31.4 Å². The van der Waals surface area contributed by atoms with E-state index in [-0.39, 0.29) is 0 Å². The van der Waals surface area contributed by atoms with E-state index < -0.39 is 5.91 Å². The molecule has 1 aromatic rings. The summed E-state index contributed by atoms with van der Waals surface area (Å²) in [6.07, 6.45) is 11.5. The Balaban J connectivity index is 1.32. The predicted molar refractivity (Wildman–Crippen MR) is 94.8 cm³/mol. The van der Waals surface area contributed by atoms with Gasteiger partial charge < -0.3 is 5.32 Å². The smallest absolute Gasteiger partial charge is 0.274 e. The van der Waals surface area contributed by atoms with Gasteiger partial charge in [0.05, 0.1) is 0 Å². The van der Waals surface area contributed by atoms with E-state index in [2.05, 4.69) is 5.32 Å². The Kier molecular flexibility index (Phi) is 6.27. The molecule has 0 aliphatic heterocycles. The highest BCUT2D eigenvalue weighted by molar-refractivity contribution is 5.93. The van der Waals surface area contributed by atoms with E-state index in [0.717, 1.165) is 36.4 Å². The van der Waals surface area contributed by atoms with Gasteiger partial charge in [0.1, 0.15) is 0 Å². The molecule has 132 valence electrons. The first-order chi connectivity index (χ1) is 11.7. The van der Waals surface area contributed by atoms with Crippen LogP contribution in [0.4, 0.5) is 0 Å². The van der Waals surface area contributed by atoms with Gasteiger partial charge >= 0.3 is 0 Å². The fraction of sp³-hybridized carbons (Fsp3) is 0.650. The van der Waals surface area contributed by atoms with Gasteiger partial charge in [-0.05, 0) is 74.1 Å². The number of benzene rings is 1. The number of hydroxylamine groups is 1. The Bertz CT molecular complexity index is 517. The molecular formula is C20H30N2O2. The lowest BCUT2D eigenvalue weighted by molar-refractivity contribution is 0.0706. The molecule has 1 aromatic carbocycles. The summed E-state index contributed by atoms with van der Waals surface area (Å²) in [5.74, 6) is 2.56. The van der Waals surface area contributed by atoms with Crippen LogP contribution in [0.5, 0.6) is 0 Å². The first-order valence-electron chi connectivity index (χ1n) is 9.48. The van der Waals surface area contributed by atoms with Crippen LogP contribution in [0, 0.1) is 17.8 Å². The van der Waals surface area contributed by atoms with E-state index in [1.54, 1.807) is 17.6 Å². The molecule has 0 heterocycles. The molecule has 0 saturated heterocycles. The molecule has 24 heavy (non-hydrogen) atoms. The lowest BCUT2D eigenvalue weighted by Crippen LogP contribution is -2.27. The highest BCUT2D eigenvalue weighted by Gasteiger charge is 2.31. The van der Waals surface area contributed by atoms with Gasteiger partial charge in [-0.15, -0.1) is 0 Å². The first kappa shape index (κ1) is 17.4. The van der Waals surface area contributed by atoms with Gasteiger partial charge in [-0.2, -0.15) is 0 Å². The fourth-order valence-corrected chi connectivity index (χ4v) is 4.69. The third-order valence-electron chi connectivity index (χ3n) is 5.84. The number of hydrogen-bond donors (Lipinski definition) is 3. The van der Waals surface area contributed by atoms with Gasteiger partial charge in [0.2, 0.25) is 0 Å². The summed E-state index contributed by atoms with van der Waals surface area (Å²) >= 11 is 0. The number of amides is 1. The van der Waals surface area contributed by atoms with E-state index >= 15 is 0 Å². The SMILES string of the molecule is O=C(NO)c1ccc(CNCCCC2CC3CCCC(C2)C3)cc1. The molecule has 2 saturated carbocycles. The van der Waals surface area contributed by atoms with Gasteiger partial charge in [-0.25, -0.2) is 5.48 Å². The molecule has 2 unspecified atom stereocenters. The van der Waals surface area contributed by atoms with Gasteiger partial charge in [0, 0.05) is 12.1 Å². The molecule has 1 amide bonds. The van der Waals surface area contributed by atoms with Crippen LogP contribution in [-0.2, 0) is 6.54 Å². The van der Waals surface area contributed by atoms with Crippen LogP contribution in [0.3, 0.4) is 0 Å². The Hall–Kier alpha value is -1.39. The fourth-order valence-electron chi connectivity index (χ4n) is 4.69. The number of hydrogen-bond acceptors (Lipinski definition) is 3. The molecular weight excluding hydrogens is 300 g/mol. The van der Waals surface area contributed by atoms with E-state index in [9.17, 15) is 4.79 Å². The van der Waals surface area contributed by atoms with Crippen LogP contribution < -0.4 is 10.8 Å². The van der Waals surface area contributed by atoms with Crippen LogP contribution in [0.25, 0.3) is 0 Å². The molecule has 3 N–H and O–H groups in total. The number of carbonyl (C=O) groups excluding carboxylic acids is 1. The Morgan fingerprint density at radius 3 is 2.46 bits per heavy atom. The number of rotatable bonds is 7. The summed E-state index contributed by atoms with van der Waals surface area (Å²) in [6, 6.07) is 7.34. The standard InChI is InChI=1S/C20H30N2O2/c23-20(22-24)19-8-6-15(7-9-19)14-21-10-2-5-18-12-16-3-1-4-17(11-16)13-18/h6-9,16-18,21,24H,1-5,10-14H2,(H,22,23). The van der Waals surface area contributed by atoms with Crippen molar-refractivity contribution in [2.75, 3.05) is 6.54 Å². The second kappa shape index (κ2) is 8.63. The van der Waals surface area contributed by atoms with Gasteiger partial charge in [0.25, 0.3) is 5.91 Å². The van der Waals surface area contributed by atoms with Crippen molar-refractivity contribution < 1.29 is 10.0 Å². The van der Waals surface area contributed by atoms with Crippen LogP contribution in [0.15, 0.2) is 24.3 Å². The number of fused-ring (bicyclic) bond motifs is 2. The van der Waals surface area contributed by atoms with Crippen molar-refractivity contribution in [1.82, 2.24) is 10.8 Å². The normalized spacial score (nSPS) is 26.1. The van der Waals surface area contributed by atoms with E-state index in [1.165, 1.54) is 51.4 Å². The summed E-state index contributed by atoms with van der Waals surface area (Å²) in [5.41, 5.74) is 3.29. The minimum atomic E-state index is -0.466. The summed E-state index contributed by atoms with van der Waals surface area (Å²) < 4.78 is 0. The Morgan fingerprint density at radius 2 is 1.79 bits per heavy atom.